The zero-order valence-corrected chi connectivity index (χ0v) is 11.4. The summed E-state index contributed by atoms with van der Waals surface area (Å²) in [5.41, 5.74) is 1.29. The van der Waals surface area contributed by atoms with Gasteiger partial charge in [0.2, 0.25) is 0 Å². The topological polar surface area (TPSA) is 58.6 Å². The van der Waals surface area contributed by atoms with Crippen LogP contribution in [-0.4, -0.2) is 37.4 Å². The molecule has 1 aromatic carbocycles. The van der Waals surface area contributed by atoms with Crippen LogP contribution in [0.2, 0.25) is 0 Å². The van der Waals surface area contributed by atoms with E-state index in [0.29, 0.717) is 18.7 Å². The van der Waals surface area contributed by atoms with Crippen LogP contribution in [0.15, 0.2) is 24.3 Å². The summed E-state index contributed by atoms with van der Waals surface area (Å²) < 4.78 is 5.46. The van der Waals surface area contributed by atoms with Crippen molar-refractivity contribution in [2.24, 2.45) is 5.92 Å². The van der Waals surface area contributed by atoms with Gasteiger partial charge in [0.1, 0.15) is 6.61 Å². The van der Waals surface area contributed by atoms with Crippen LogP contribution in [0, 0.1) is 17.8 Å². The number of amides is 1. The second-order valence-electron chi connectivity index (χ2n) is 4.81. The van der Waals surface area contributed by atoms with Gasteiger partial charge in [-0.15, -0.1) is 0 Å². The molecule has 0 bridgehead atoms. The Morgan fingerprint density at radius 3 is 3.05 bits per heavy atom. The quantitative estimate of drug-likeness (QED) is 0.604. The molecule has 0 spiro atoms. The Kier molecular flexibility index (Phi) is 5.60. The van der Waals surface area contributed by atoms with Crippen molar-refractivity contribution in [3.05, 3.63) is 35.4 Å². The monoisotopic (exact) mass is 273 g/mol. The lowest BCUT2D eigenvalue weighted by molar-refractivity contribution is 0.0906. The number of hydrogen-bond acceptors (Lipinski definition) is 3. The maximum Gasteiger partial charge on any atom is 0.251 e. The molecule has 0 heterocycles. The van der Waals surface area contributed by atoms with Crippen molar-refractivity contribution < 1.29 is 14.6 Å². The van der Waals surface area contributed by atoms with Gasteiger partial charge >= 0.3 is 0 Å². The summed E-state index contributed by atoms with van der Waals surface area (Å²) in [7, 11) is 0. The maximum atomic E-state index is 11.9. The number of carbonyl (C=O) groups is 1. The van der Waals surface area contributed by atoms with Gasteiger partial charge in [-0.2, -0.15) is 0 Å². The summed E-state index contributed by atoms with van der Waals surface area (Å²) in [6.07, 6.45) is 2.54. The molecular formula is C16H19NO3. The van der Waals surface area contributed by atoms with Gasteiger partial charge in [-0.05, 0) is 37.0 Å². The Bertz CT molecular complexity index is 512. The number of rotatable bonds is 6. The minimum absolute atomic E-state index is 0.132. The molecule has 2 rings (SSSR count). The summed E-state index contributed by atoms with van der Waals surface area (Å²) in [5, 5.41) is 11.5. The van der Waals surface area contributed by atoms with E-state index in [2.05, 4.69) is 17.2 Å². The molecule has 1 fully saturated rings. The Hall–Kier alpha value is -1.83. The van der Waals surface area contributed by atoms with E-state index < -0.39 is 0 Å². The molecule has 4 nitrogen and oxygen atoms in total. The minimum atomic E-state index is -0.186. The van der Waals surface area contributed by atoms with E-state index in [-0.39, 0.29) is 12.5 Å². The zero-order chi connectivity index (χ0) is 14.2. The SMILES string of the molecule is O=C(NCCOCC1CC1)c1cccc(C#CCO)c1. The predicted molar refractivity (Wildman–Crippen MR) is 76.3 cm³/mol. The molecule has 0 aromatic heterocycles. The van der Waals surface area contributed by atoms with Gasteiger partial charge in [-0.25, -0.2) is 0 Å². The molecule has 106 valence electrons. The largest absolute Gasteiger partial charge is 0.384 e. The van der Waals surface area contributed by atoms with Crippen LogP contribution in [-0.2, 0) is 4.74 Å². The summed E-state index contributed by atoms with van der Waals surface area (Å²) in [6, 6.07) is 7.03. The molecule has 1 amide bonds. The van der Waals surface area contributed by atoms with Crippen molar-refractivity contribution in [3.63, 3.8) is 0 Å². The van der Waals surface area contributed by atoms with E-state index in [1.807, 2.05) is 0 Å². The van der Waals surface area contributed by atoms with Crippen LogP contribution in [0.5, 0.6) is 0 Å². The number of aliphatic hydroxyl groups is 1. The first-order valence-corrected chi connectivity index (χ1v) is 6.85. The first-order valence-electron chi connectivity index (χ1n) is 6.85. The molecule has 2 N–H and O–H groups in total. The molecular weight excluding hydrogens is 254 g/mol. The molecule has 20 heavy (non-hydrogen) atoms. The van der Waals surface area contributed by atoms with E-state index in [0.717, 1.165) is 18.1 Å². The predicted octanol–water partition coefficient (Wildman–Crippen LogP) is 1.19. The van der Waals surface area contributed by atoms with Gasteiger partial charge in [0.25, 0.3) is 5.91 Å². The average Bonchev–Trinajstić information content (AvgIpc) is 3.29. The molecule has 1 aliphatic carbocycles. The van der Waals surface area contributed by atoms with Gasteiger partial charge in [0.05, 0.1) is 6.61 Å². The van der Waals surface area contributed by atoms with Crippen LogP contribution in [0.3, 0.4) is 0 Å². The standard InChI is InChI=1S/C16H19NO3/c18-9-2-4-13-3-1-5-15(11-13)16(19)17-8-10-20-12-14-6-7-14/h1,3,5,11,14,18H,6-10,12H2,(H,17,19). The molecule has 0 radical (unpaired) electrons. The van der Waals surface area contributed by atoms with E-state index in [1.54, 1.807) is 24.3 Å². The molecule has 1 aromatic rings. The fourth-order valence-corrected chi connectivity index (χ4v) is 1.75. The number of benzene rings is 1. The number of nitrogens with one attached hydrogen (secondary N) is 1. The zero-order valence-electron chi connectivity index (χ0n) is 11.4. The van der Waals surface area contributed by atoms with Gasteiger partial charge in [-0.3, -0.25) is 4.79 Å². The Morgan fingerprint density at radius 1 is 1.45 bits per heavy atom. The lowest BCUT2D eigenvalue weighted by Crippen LogP contribution is -2.27. The molecule has 0 saturated heterocycles. The van der Waals surface area contributed by atoms with Crippen molar-refractivity contribution in [2.75, 3.05) is 26.4 Å². The first kappa shape index (κ1) is 14.6. The molecule has 0 unspecified atom stereocenters. The number of ether oxygens (including phenoxy) is 1. The van der Waals surface area contributed by atoms with Crippen molar-refractivity contribution in [2.45, 2.75) is 12.8 Å². The maximum absolute atomic E-state index is 11.9. The van der Waals surface area contributed by atoms with E-state index in [9.17, 15) is 4.79 Å². The second-order valence-corrected chi connectivity index (χ2v) is 4.81. The van der Waals surface area contributed by atoms with Gasteiger partial charge in [-0.1, -0.05) is 17.9 Å². The Morgan fingerprint density at radius 2 is 2.30 bits per heavy atom. The van der Waals surface area contributed by atoms with Crippen molar-refractivity contribution in [3.8, 4) is 11.8 Å². The van der Waals surface area contributed by atoms with Crippen LogP contribution in [0.4, 0.5) is 0 Å². The Balaban J connectivity index is 1.75. The first-order chi connectivity index (χ1) is 9.79. The molecule has 1 saturated carbocycles. The lowest BCUT2D eigenvalue weighted by Gasteiger charge is -2.06. The van der Waals surface area contributed by atoms with Crippen molar-refractivity contribution in [1.29, 1.82) is 0 Å². The van der Waals surface area contributed by atoms with E-state index in [1.165, 1.54) is 12.8 Å². The van der Waals surface area contributed by atoms with Crippen molar-refractivity contribution in [1.82, 2.24) is 5.32 Å². The summed E-state index contributed by atoms with van der Waals surface area (Å²) in [4.78, 5) is 11.9. The van der Waals surface area contributed by atoms with Crippen LogP contribution in [0.1, 0.15) is 28.8 Å². The highest BCUT2D eigenvalue weighted by atomic mass is 16.5. The fourth-order valence-electron chi connectivity index (χ4n) is 1.75. The molecule has 4 heteroatoms. The third-order valence-corrected chi connectivity index (χ3v) is 3.02. The van der Waals surface area contributed by atoms with Gasteiger partial charge < -0.3 is 15.2 Å². The number of hydrogen-bond donors (Lipinski definition) is 2. The molecule has 0 atom stereocenters. The highest BCUT2D eigenvalue weighted by molar-refractivity contribution is 5.94. The summed E-state index contributed by atoms with van der Waals surface area (Å²) in [5.74, 6) is 5.95. The average molecular weight is 273 g/mol. The summed E-state index contributed by atoms with van der Waals surface area (Å²) in [6.45, 7) is 1.68. The number of carbonyl (C=O) groups excluding carboxylic acids is 1. The summed E-state index contributed by atoms with van der Waals surface area (Å²) >= 11 is 0. The van der Waals surface area contributed by atoms with Crippen LogP contribution < -0.4 is 5.32 Å². The van der Waals surface area contributed by atoms with Crippen molar-refractivity contribution >= 4 is 5.91 Å². The minimum Gasteiger partial charge on any atom is -0.384 e. The molecule has 0 aliphatic heterocycles. The highest BCUT2D eigenvalue weighted by Crippen LogP contribution is 2.28. The van der Waals surface area contributed by atoms with Gasteiger partial charge in [0.15, 0.2) is 0 Å². The third kappa shape index (κ3) is 5.04. The van der Waals surface area contributed by atoms with Gasteiger partial charge in [0, 0.05) is 24.3 Å². The van der Waals surface area contributed by atoms with Crippen LogP contribution >= 0.6 is 0 Å². The Labute approximate surface area is 119 Å². The number of aliphatic hydroxyl groups excluding tert-OH is 1. The fraction of sp³-hybridized carbons (Fsp3) is 0.438. The van der Waals surface area contributed by atoms with E-state index >= 15 is 0 Å². The normalized spacial score (nSPS) is 13.4. The van der Waals surface area contributed by atoms with Crippen LogP contribution in [0.25, 0.3) is 0 Å². The van der Waals surface area contributed by atoms with E-state index in [4.69, 9.17) is 9.84 Å². The lowest BCUT2D eigenvalue weighted by atomic mass is 10.1. The third-order valence-electron chi connectivity index (χ3n) is 3.02. The smallest absolute Gasteiger partial charge is 0.251 e. The highest BCUT2D eigenvalue weighted by Gasteiger charge is 2.20. The molecule has 1 aliphatic rings. The second kappa shape index (κ2) is 7.68.